The standard InChI is InChI=1S/C12H26N2O3/c1-12(2,3)17-11(15)14-8-6-5-7-13-9-10-16-4/h13H,5-10H2,1-4H3,(H,14,15). The lowest BCUT2D eigenvalue weighted by atomic mass is 10.2. The fourth-order valence-electron chi connectivity index (χ4n) is 1.18. The Morgan fingerprint density at radius 3 is 2.35 bits per heavy atom. The molecule has 1 amide bonds. The second-order valence-corrected chi connectivity index (χ2v) is 4.88. The van der Waals surface area contributed by atoms with E-state index in [9.17, 15) is 4.79 Å². The number of hydrogen-bond donors (Lipinski definition) is 2. The molecule has 5 heteroatoms. The van der Waals surface area contributed by atoms with E-state index in [0.717, 1.165) is 32.5 Å². The van der Waals surface area contributed by atoms with Gasteiger partial charge >= 0.3 is 6.09 Å². The molecular weight excluding hydrogens is 220 g/mol. The monoisotopic (exact) mass is 246 g/mol. The molecule has 0 aromatic heterocycles. The molecule has 0 heterocycles. The molecule has 0 aliphatic heterocycles. The normalized spacial score (nSPS) is 11.3. The largest absolute Gasteiger partial charge is 0.444 e. The van der Waals surface area contributed by atoms with Crippen LogP contribution in [-0.4, -0.2) is 45.0 Å². The third-order valence-corrected chi connectivity index (χ3v) is 1.93. The zero-order valence-electron chi connectivity index (χ0n) is 11.5. The number of nitrogens with one attached hydrogen (secondary N) is 2. The SMILES string of the molecule is COCCNCCCCNC(=O)OC(C)(C)C. The van der Waals surface area contributed by atoms with Gasteiger partial charge in [0.1, 0.15) is 5.60 Å². The van der Waals surface area contributed by atoms with Crippen LogP contribution in [0.4, 0.5) is 4.79 Å². The van der Waals surface area contributed by atoms with Crippen LogP contribution in [0.2, 0.25) is 0 Å². The van der Waals surface area contributed by atoms with E-state index in [1.54, 1.807) is 7.11 Å². The average Bonchev–Trinajstić information content (AvgIpc) is 2.19. The molecule has 0 atom stereocenters. The van der Waals surface area contributed by atoms with E-state index in [2.05, 4.69) is 10.6 Å². The maximum atomic E-state index is 11.3. The Morgan fingerprint density at radius 2 is 1.76 bits per heavy atom. The van der Waals surface area contributed by atoms with Crippen LogP contribution in [0.5, 0.6) is 0 Å². The number of carbonyl (C=O) groups is 1. The van der Waals surface area contributed by atoms with Gasteiger partial charge in [-0.2, -0.15) is 0 Å². The van der Waals surface area contributed by atoms with Gasteiger partial charge in [-0.05, 0) is 40.2 Å². The average molecular weight is 246 g/mol. The lowest BCUT2D eigenvalue weighted by molar-refractivity contribution is 0.0527. The molecule has 2 N–H and O–H groups in total. The highest BCUT2D eigenvalue weighted by Gasteiger charge is 2.15. The van der Waals surface area contributed by atoms with Gasteiger partial charge in [-0.1, -0.05) is 0 Å². The van der Waals surface area contributed by atoms with Gasteiger partial charge < -0.3 is 20.1 Å². The van der Waals surface area contributed by atoms with Crippen molar-refractivity contribution < 1.29 is 14.3 Å². The molecule has 0 saturated carbocycles. The molecule has 102 valence electrons. The van der Waals surface area contributed by atoms with Crippen molar-refractivity contribution >= 4 is 6.09 Å². The lowest BCUT2D eigenvalue weighted by Gasteiger charge is -2.19. The zero-order valence-corrected chi connectivity index (χ0v) is 11.5. The summed E-state index contributed by atoms with van der Waals surface area (Å²) in [6, 6.07) is 0. The summed E-state index contributed by atoms with van der Waals surface area (Å²) < 4.78 is 10.0. The van der Waals surface area contributed by atoms with Crippen LogP contribution in [0.15, 0.2) is 0 Å². The highest BCUT2D eigenvalue weighted by atomic mass is 16.6. The van der Waals surface area contributed by atoms with E-state index in [0.29, 0.717) is 6.54 Å². The number of unbranched alkanes of at least 4 members (excludes halogenated alkanes) is 1. The summed E-state index contributed by atoms with van der Waals surface area (Å²) in [6.07, 6.45) is 1.63. The third kappa shape index (κ3) is 13.1. The Morgan fingerprint density at radius 1 is 1.12 bits per heavy atom. The quantitative estimate of drug-likeness (QED) is 0.638. The smallest absolute Gasteiger partial charge is 0.407 e. The summed E-state index contributed by atoms with van der Waals surface area (Å²) in [4.78, 5) is 11.3. The minimum Gasteiger partial charge on any atom is -0.444 e. The van der Waals surface area contributed by atoms with Crippen molar-refractivity contribution in [2.24, 2.45) is 0 Å². The minimum atomic E-state index is -0.425. The maximum absolute atomic E-state index is 11.3. The lowest BCUT2D eigenvalue weighted by Crippen LogP contribution is -2.33. The van der Waals surface area contributed by atoms with E-state index >= 15 is 0 Å². The van der Waals surface area contributed by atoms with Crippen molar-refractivity contribution in [3.63, 3.8) is 0 Å². The first kappa shape index (κ1) is 16.2. The van der Waals surface area contributed by atoms with Crippen molar-refractivity contribution in [1.29, 1.82) is 0 Å². The van der Waals surface area contributed by atoms with Crippen LogP contribution >= 0.6 is 0 Å². The van der Waals surface area contributed by atoms with Gasteiger partial charge in [0.2, 0.25) is 0 Å². The summed E-state index contributed by atoms with van der Waals surface area (Å²) in [6.45, 7) is 8.76. The van der Waals surface area contributed by atoms with Crippen LogP contribution in [0, 0.1) is 0 Å². The Hall–Kier alpha value is -0.810. The van der Waals surface area contributed by atoms with Crippen molar-refractivity contribution in [2.45, 2.75) is 39.2 Å². The van der Waals surface area contributed by atoms with Crippen molar-refractivity contribution in [1.82, 2.24) is 10.6 Å². The van der Waals surface area contributed by atoms with Gasteiger partial charge in [-0.15, -0.1) is 0 Å². The molecule has 0 aliphatic carbocycles. The molecule has 0 unspecified atom stereocenters. The van der Waals surface area contributed by atoms with E-state index in [-0.39, 0.29) is 6.09 Å². The highest BCUT2D eigenvalue weighted by molar-refractivity contribution is 5.67. The molecular formula is C12H26N2O3. The topological polar surface area (TPSA) is 59.6 Å². The van der Waals surface area contributed by atoms with E-state index in [1.807, 2.05) is 20.8 Å². The molecule has 0 bridgehead atoms. The number of ether oxygens (including phenoxy) is 2. The third-order valence-electron chi connectivity index (χ3n) is 1.93. The minimum absolute atomic E-state index is 0.343. The summed E-state index contributed by atoms with van der Waals surface area (Å²) in [7, 11) is 1.69. The molecule has 0 aromatic carbocycles. The maximum Gasteiger partial charge on any atom is 0.407 e. The number of amides is 1. The summed E-state index contributed by atoms with van der Waals surface area (Å²) in [5.41, 5.74) is -0.425. The number of methoxy groups -OCH3 is 1. The van der Waals surface area contributed by atoms with Gasteiger partial charge in [0.05, 0.1) is 6.61 Å². The van der Waals surface area contributed by atoms with Crippen molar-refractivity contribution in [3.8, 4) is 0 Å². The van der Waals surface area contributed by atoms with Crippen LogP contribution in [0.25, 0.3) is 0 Å². The Labute approximate surface area is 104 Å². The van der Waals surface area contributed by atoms with Crippen molar-refractivity contribution in [3.05, 3.63) is 0 Å². The fraction of sp³-hybridized carbons (Fsp3) is 0.917. The predicted octanol–water partition coefficient (Wildman–Crippen LogP) is 1.53. The summed E-state index contributed by atoms with van der Waals surface area (Å²) in [5.74, 6) is 0. The molecule has 0 aromatic rings. The molecule has 0 fully saturated rings. The number of hydrogen-bond acceptors (Lipinski definition) is 4. The molecule has 17 heavy (non-hydrogen) atoms. The summed E-state index contributed by atoms with van der Waals surface area (Å²) in [5, 5.41) is 5.97. The van der Waals surface area contributed by atoms with Gasteiger partial charge in [-0.3, -0.25) is 0 Å². The van der Waals surface area contributed by atoms with Crippen LogP contribution in [0.1, 0.15) is 33.6 Å². The van der Waals surface area contributed by atoms with Gasteiger partial charge in [-0.25, -0.2) is 4.79 Å². The fourth-order valence-corrected chi connectivity index (χ4v) is 1.18. The first-order valence-corrected chi connectivity index (χ1v) is 6.12. The van der Waals surface area contributed by atoms with Gasteiger partial charge in [0, 0.05) is 20.2 Å². The Bertz CT molecular complexity index is 202. The molecule has 5 nitrogen and oxygen atoms in total. The first-order valence-electron chi connectivity index (χ1n) is 6.12. The van der Waals surface area contributed by atoms with Crippen LogP contribution in [0.3, 0.4) is 0 Å². The molecule has 0 aliphatic rings. The Kier molecular flexibility index (Phi) is 8.80. The first-order chi connectivity index (χ1) is 7.95. The van der Waals surface area contributed by atoms with Crippen LogP contribution in [-0.2, 0) is 9.47 Å². The second kappa shape index (κ2) is 9.24. The van der Waals surface area contributed by atoms with E-state index in [1.165, 1.54) is 0 Å². The zero-order chi connectivity index (χ0) is 13.1. The Balaban J connectivity index is 3.25. The molecule has 0 saturated heterocycles. The molecule has 0 radical (unpaired) electrons. The number of rotatable bonds is 8. The van der Waals surface area contributed by atoms with Gasteiger partial charge in [0.25, 0.3) is 0 Å². The van der Waals surface area contributed by atoms with Crippen LogP contribution < -0.4 is 10.6 Å². The van der Waals surface area contributed by atoms with Crippen molar-refractivity contribution in [2.75, 3.05) is 33.4 Å². The number of carbonyl (C=O) groups excluding carboxylic acids is 1. The second-order valence-electron chi connectivity index (χ2n) is 4.88. The predicted molar refractivity (Wildman–Crippen MR) is 68.2 cm³/mol. The molecule has 0 spiro atoms. The summed E-state index contributed by atoms with van der Waals surface area (Å²) >= 11 is 0. The number of alkyl carbamates (subject to hydrolysis) is 1. The highest BCUT2D eigenvalue weighted by Crippen LogP contribution is 2.06. The van der Waals surface area contributed by atoms with E-state index in [4.69, 9.17) is 9.47 Å². The van der Waals surface area contributed by atoms with Gasteiger partial charge in [0.15, 0.2) is 0 Å². The van der Waals surface area contributed by atoms with E-state index < -0.39 is 5.60 Å². The molecule has 0 rings (SSSR count).